The summed E-state index contributed by atoms with van der Waals surface area (Å²) in [6.07, 6.45) is 0.718. The maximum absolute atomic E-state index is 12.1. The monoisotopic (exact) mass is 427 g/mol. The number of thioether (sulfide) groups is 1. The van der Waals surface area contributed by atoms with E-state index in [1.54, 1.807) is 37.9 Å². The fourth-order valence-electron chi connectivity index (χ4n) is 2.79. The Hall–Kier alpha value is -1.40. The Morgan fingerprint density at radius 1 is 1.19 bits per heavy atom. The molecule has 0 aliphatic rings. The summed E-state index contributed by atoms with van der Waals surface area (Å²) in [5, 5.41) is 12.0. The average molecular weight is 428 g/mol. The summed E-state index contributed by atoms with van der Waals surface area (Å²) >= 11 is 13.8. The van der Waals surface area contributed by atoms with Crippen LogP contribution in [0.25, 0.3) is 0 Å². The van der Waals surface area contributed by atoms with Gasteiger partial charge in [-0.15, -0.1) is 11.8 Å². The number of ether oxygens (including phenoxy) is 1. The summed E-state index contributed by atoms with van der Waals surface area (Å²) in [5.74, 6) is -0.397. The minimum Gasteiger partial charge on any atom is -0.450 e. The molecule has 4 nitrogen and oxygen atoms in total. The number of benzene rings is 2. The van der Waals surface area contributed by atoms with E-state index in [4.69, 9.17) is 27.9 Å². The number of carbonyl (C=O) groups is 1. The molecule has 7 heteroatoms. The highest BCUT2D eigenvalue weighted by Crippen LogP contribution is 2.35. The first-order valence-corrected chi connectivity index (χ1v) is 10.5. The maximum Gasteiger partial charge on any atom is 0.409 e. The lowest BCUT2D eigenvalue weighted by molar-refractivity contribution is 0.0939. The van der Waals surface area contributed by atoms with E-state index in [2.05, 4.69) is 0 Å². The summed E-state index contributed by atoms with van der Waals surface area (Å²) < 4.78 is 5.06. The first-order chi connectivity index (χ1) is 12.9. The van der Waals surface area contributed by atoms with Gasteiger partial charge in [-0.1, -0.05) is 41.4 Å². The molecule has 0 bridgehead atoms. The van der Waals surface area contributed by atoms with Gasteiger partial charge in [0.25, 0.3) is 0 Å². The van der Waals surface area contributed by atoms with Crippen LogP contribution in [-0.2, 0) is 4.74 Å². The zero-order chi connectivity index (χ0) is 20.0. The summed E-state index contributed by atoms with van der Waals surface area (Å²) in [6.45, 7) is 2.31. The van der Waals surface area contributed by atoms with Crippen LogP contribution in [0.15, 0.2) is 47.4 Å². The molecule has 0 saturated carbocycles. The lowest BCUT2D eigenvalue weighted by Crippen LogP contribution is -2.33. The summed E-state index contributed by atoms with van der Waals surface area (Å²) in [6, 6.07) is 13.0. The Bertz CT molecular complexity index is 788. The van der Waals surface area contributed by atoms with Gasteiger partial charge in [-0.05, 0) is 48.6 Å². The molecule has 146 valence electrons. The molecule has 0 aliphatic carbocycles. The number of rotatable bonds is 7. The van der Waals surface area contributed by atoms with Crippen LogP contribution in [0.1, 0.15) is 30.1 Å². The lowest BCUT2D eigenvalue weighted by atomic mass is 9.88. The van der Waals surface area contributed by atoms with E-state index < -0.39 is 18.1 Å². The first kappa shape index (κ1) is 21.9. The van der Waals surface area contributed by atoms with Gasteiger partial charge in [-0.25, -0.2) is 4.79 Å². The predicted octanol–water partition coefficient (Wildman–Crippen LogP) is 5.62. The first-order valence-electron chi connectivity index (χ1n) is 8.52. The Morgan fingerprint density at radius 2 is 1.93 bits per heavy atom. The summed E-state index contributed by atoms with van der Waals surface area (Å²) in [4.78, 5) is 14.6. The molecule has 2 rings (SSSR count). The van der Waals surface area contributed by atoms with Crippen molar-refractivity contribution in [2.24, 2.45) is 0 Å². The Morgan fingerprint density at radius 3 is 2.56 bits per heavy atom. The highest BCUT2D eigenvalue weighted by molar-refractivity contribution is 7.98. The molecule has 2 aromatic rings. The number of hydrogen-bond donors (Lipinski definition) is 1. The van der Waals surface area contributed by atoms with Crippen molar-refractivity contribution in [1.82, 2.24) is 4.90 Å². The van der Waals surface area contributed by atoms with Crippen molar-refractivity contribution in [3.63, 3.8) is 0 Å². The van der Waals surface area contributed by atoms with Crippen LogP contribution in [0, 0.1) is 0 Å². The van der Waals surface area contributed by atoms with Crippen molar-refractivity contribution in [2.75, 3.05) is 26.5 Å². The van der Waals surface area contributed by atoms with Crippen LogP contribution in [0.4, 0.5) is 4.79 Å². The second kappa shape index (κ2) is 10.2. The highest BCUT2D eigenvalue weighted by atomic mass is 35.5. The van der Waals surface area contributed by atoms with Crippen molar-refractivity contribution in [2.45, 2.75) is 23.8 Å². The smallest absolute Gasteiger partial charge is 0.409 e. The van der Waals surface area contributed by atoms with Gasteiger partial charge in [0, 0.05) is 24.4 Å². The number of aliphatic hydroxyl groups is 1. The molecule has 1 N–H and O–H groups in total. The van der Waals surface area contributed by atoms with Crippen LogP contribution in [0.5, 0.6) is 0 Å². The third-order valence-electron chi connectivity index (χ3n) is 4.24. The van der Waals surface area contributed by atoms with E-state index in [0.29, 0.717) is 16.7 Å². The van der Waals surface area contributed by atoms with Crippen molar-refractivity contribution in [3.05, 3.63) is 63.6 Å². The standard InChI is InChI=1S/C20H23Cl2NO3S/c1-4-26-20(25)23(2)12-16(13-8-9-17(21)18(22)11-13)19(24)14-6-5-7-15(10-14)27-3/h5-11,16,19,24H,4,12H2,1-3H3. The maximum atomic E-state index is 12.1. The number of aliphatic hydroxyl groups excluding tert-OH is 1. The number of likely N-dealkylation sites (N-methyl/N-ethyl adjacent to an activating group) is 1. The van der Waals surface area contributed by atoms with E-state index in [1.807, 2.05) is 36.6 Å². The lowest BCUT2D eigenvalue weighted by Gasteiger charge is -2.28. The quantitative estimate of drug-likeness (QED) is 0.582. The summed E-state index contributed by atoms with van der Waals surface area (Å²) in [5.41, 5.74) is 1.57. The fraction of sp³-hybridized carbons (Fsp3) is 0.350. The largest absolute Gasteiger partial charge is 0.450 e. The second-order valence-corrected chi connectivity index (χ2v) is 7.77. The third-order valence-corrected chi connectivity index (χ3v) is 5.70. The minimum atomic E-state index is -0.828. The predicted molar refractivity (Wildman–Crippen MR) is 112 cm³/mol. The SMILES string of the molecule is CCOC(=O)N(C)CC(c1ccc(Cl)c(Cl)c1)C(O)c1cccc(SC)c1. The normalized spacial score (nSPS) is 13.1. The minimum absolute atomic E-state index is 0.265. The topological polar surface area (TPSA) is 49.8 Å². The Kier molecular flexibility index (Phi) is 8.29. The number of halogens is 2. The number of hydrogen-bond acceptors (Lipinski definition) is 4. The Balaban J connectivity index is 2.38. The van der Waals surface area contributed by atoms with Gasteiger partial charge in [-0.3, -0.25) is 0 Å². The van der Waals surface area contributed by atoms with Gasteiger partial charge in [0.1, 0.15) is 0 Å². The van der Waals surface area contributed by atoms with E-state index in [0.717, 1.165) is 16.0 Å². The molecule has 0 aliphatic heterocycles. The van der Waals surface area contributed by atoms with Crippen LogP contribution >= 0.6 is 35.0 Å². The number of amides is 1. The fourth-order valence-corrected chi connectivity index (χ4v) is 3.57. The molecule has 0 fully saturated rings. The van der Waals surface area contributed by atoms with Gasteiger partial charge < -0.3 is 14.7 Å². The molecule has 27 heavy (non-hydrogen) atoms. The molecule has 0 spiro atoms. The van der Waals surface area contributed by atoms with Gasteiger partial charge >= 0.3 is 6.09 Å². The van der Waals surface area contributed by atoms with E-state index in [-0.39, 0.29) is 6.54 Å². The van der Waals surface area contributed by atoms with E-state index >= 15 is 0 Å². The zero-order valence-electron chi connectivity index (χ0n) is 15.5. The molecule has 1 amide bonds. The van der Waals surface area contributed by atoms with E-state index in [9.17, 15) is 9.90 Å². The second-order valence-electron chi connectivity index (χ2n) is 6.08. The van der Waals surface area contributed by atoms with Crippen molar-refractivity contribution in [1.29, 1.82) is 0 Å². The number of carbonyl (C=O) groups excluding carboxylic acids is 1. The van der Waals surface area contributed by atoms with Crippen LogP contribution < -0.4 is 0 Å². The molecule has 2 atom stereocenters. The number of nitrogens with zero attached hydrogens (tertiary/aromatic N) is 1. The molecule has 2 aromatic carbocycles. The van der Waals surface area contributed by atoms with Gasteiger partial charge in [0.05, 0.1) is 22.8 Å². The molecule has 0 saturated heterocycles. The van der Waals surface area contributed by atoms with Gasteiger partial charge in [0.15, 0.2) is 0 Å². The van der Waals surface area contributed by atoms with Gasteiger partial charge in [-0.2, -0.15) is 0 Å². The van der Waals surface area contributed by atoms with Crippen molar-refractivity contribution in [3.8, 4) is 0 Å². The van der Waals surface area contributed by atoms with Crippen LogP contribution in [0.2, 0.25) is 10.0 Å². The van der Waals surface area contributed by atoms with Gasteiger partial charge in [0.2, 0.25) is 0 Å². The molecule has 0 heterocycles. The van der Waals surface area contributed by atoms with Crippen LogP contribution in [-0.4, -0.2) is 42.6 Å². The van der Waals surface area contributed by atoms with Crippen molar-refractivity contribution >= 4 is 41.1 Å². The zero-order valence-corrected chi connectivity index (χ0v) is 17.8. The molecular weight excluding hydrogens is 405 g/mol. The highest BCUT2D eigenvalue weighted by Gasteiger charge is 2.27. The van der Waals surface area contributed by atoms with Crippen molar-refractivity contribution < 1.29 is 14.6 Å². The average Bonchev–Trinajstić information content (AvgIpc) is 2.67. The molecular formula is C20H23Cl2NO3S. The van der Waals surface area contributed by atoms with E-state index in [1.165, 1.54) is 4.90 Å². The third kappa shape index (κ3) is 5.79. The summed E-state index contributed by atoms with van der Waals surface area (Å²) in [7, 11) is 1.65. The van der Waals surface area contributed by atoms with Crippen LogP contribution in [0.3, 0.4) is 0 Å². The molecule has 0 radical (unpaired) electrons. The Labute approximate surface area is 174 Å². The molecule has 2 unspecified atom stereocenters. The molecule has 0 aromatic heterocycles.